The molecule has 0 aliphatic carbocycles. The van der Waals surface area contributed by atoms with Crippen LogP contribution in [0.2, 0.25) is 0 Å². The van der Waals surface area contributed by atoms with Gasteiger partial charge >= 0.3 is 0 Å². The van der Waals surface area contributed by atoms with Crippen LogP contribution in [-0.2, 0) is 4.79 Å². The van der Waals surface area contributed by atoms with Gasteiger partial charge < -0.3 is 15.4 Å². The van der Waals surface area contributed by atoms with Gasteiger partial charge in [0.05, 0.1) is 19.3 Å². The predicted molar refractivity (Wildman–Crippen MR) is 110 cm³/mol. The van der Waals surface area contributed by atoms with Gasteiger partial charge in [0.25, 0.3) is 0 Å². The molecule has 3 rings (SSSR count). The molecule has 26 heavy (non-hydrogen) atoms. The van der Waals surface area contributed by atoms with E-state index in [1.807, 2.05) is 72.8 Å². The standard InChI is InChI=1S/C21H19BrN2O2/c1-26-16-11-12-18(22)20(13-16)23-14-21(25)24-19-10-6-5-9-17(19)15-7-3-2-4-8-15/h2-13,23H,14H2,1H3,(H,24,25). The van der Waals surface area contributed by atoms with Crippen LogP contribution in [0.5, 0.6) is 5.75 Å². The topological polar surface area (TPSA) is 50.4 Å². The quantitative estimate of drug-likeness (QED) is 0.588. The average molecular weight is 411 g/mol. The lowest BCUT2D eigenvalue weighted by molar-refractivity contribution is -0.114. The summed E-state index contributed by atoms with van der Waals surface area (Å²) < 4.78 is 6.09. The maximum atomic E-state index is 12.4. The van der Waals surface area contributed by atoms with Gasteiger partial charge in [-0.15, -0.1) is 0 Å². The molecule has 5 heteroatoms. The van der Waals surface area contributed by atoms with Gasteiger partial charge in [-0.3, -0.25) is 4.79 Å². The summed E-state index contributed by atoms with van der Waals surface area (Å²) in [5.74, 6) is 0.605. The molecule has 0 saturated carbocycles. The molecule has 0 heterocycles. The Labute approximate surface area is 161 Å². The highest BCUT2D eigenvalue weighted by Crippen LogP contribution is 2.28. The Kier molecular flexibility index (Phi) is 5.92. The molecule has 2 N–H and O–H groups in total. The number of nitrogens with one attached hydrogen (secondary N) is 2. The van der Waals surface area contributed by atoms with E-state index in [-0.39, 0.29) is 12.5 Å². The van der Waals surface area contributed by atoms with E-state index >= 15 is 0 Å². The third kappa shape index (κ3) is 4.43. The van der Waals surface area contributed by atoms with Crippen LogP contribution in [0.4, 0.5) is 11.4 Å². The Hall–Kier alpha value is -2.79. The number of benzene rings is 3. The van der Waals surface area contributed by atoms with Gasteiger partial charge in [0.2, 0.25) is 5.91 Å². The first kappa shape index (κ1) is 18.0. The van der Waals surface area contributed by atoms with E-state index in [1.54, 1.807) is 7.11 Å². The van der Waals surface area contributed by atoms with Gasteiger partial charge in [-0.2, -0.15) is 0 Å². The first-order valence-corrected chi connectivity index (χ1v) is 8.98. The maximum absolute atomic E-state index is 12.4. The van der Waals surface area contributed by atoms with Crippen LogP contribution in [0.25, 0.3) is 11.1 Å². The number of methoxy groups -OCH3 is 1. The smallest absolute Gasteiger partial charge is 0.243 e. The van der Waals surface area contributed by atoms with Crippen molar-refractivity contribution in [3.63, 3.8) is 0 Å². The summed E-state index contributed by atoms with van der Waals surface area (Å²) in [7, 11) is 1.61. The molecule has 0 aliphatic rings. The fraction of sp³-hybridized carbons (Fsp3) is 0.0952. The summed E-state index contributed by atoms with van der Waals surface area (Å²) in [6.07, 6.45) is 0. The summed E-state index contributed by atoms with van der Waals surface area (Å²) in [5, 5.41) is 6.11. The second-order valence-electron chi connectivity index (χ2n) is 5.66. The number of halogens is 1. The number of ether oxygens (including phenoxy) is 1. The van der Waals surface area contributed by atoms with Crippen molar-refractivity contribution in [2.45, 2.75) is 0 Å². The molecule has 0 fully saturated rings. The first-order chi connectivity index (χ1) is 12.7. The van der Waals surface area contributed by atoms with Crippen molar-refractivity contribution in [2.24, 2.45) is 0 Å². The molecule has 0 aliphatic heterocycles. The van der Waals surface area contributed by atoms with Crippen molar-refractivity contribution in [1.29, 1.82) is 0 Å². The zero-order chi connectivity index (χ0) is 18.4. The zero-order valence-electron chi connectivity index (χ0n) is 14.3. The number of hydrogen-bond donors (Lipinski definition) is 2. The molecule has 0 saturated heterocycles. The molecular formula is C21H19BrN2O2. The second kappa shape index (κ2) is 8.54. The number of anilines is 2. The molecule has 0 aromatic heterocycles. The van der Waals surface area contributed by atoms with Crippen LogP contribution in [0.15, 0.2) is 77.3 Å². The molecule has 3 aromatic carbocycles. The lowest BCUT2D eigenvalue weighted by atomic mass is 10.0. The fourth-order valence-corrected chi connectivity index (χ4v) is 2.99. The third-order valence-corrected chi connectivity index (χ3v) is 4.59. The summed E-state index contributed by atoms with van der Waals surface area (Å²) in [6, 6.07) is 23.3. The Morgan fingerprint density at radius 3 is 2.46 bits per heavy atom. The van der Waals surface area contributed by atoms with Crippen LogP contribution in [0.1, 0.15) is 0 Å². The maximum Gasteiger partial charge on any atom is 0.243 e. The van der Waals surface area contributed by atoms with E-state index in [4.69, 9.17) is 4.74 Å². The largest absolute Gasteiger partial charge is 0.497 e. The Morgan fingerprint density at radius 1 is 0.962 bits per heavy atom. The van der Waals surface area contributed by atoms with Gasteiger partial charge in [-0.1, -0.05) is 48.5 Å². The van der Waals surface area contributed by atoms with Crippen LogP contribution < -0.4 is 15.4 Å². The van der Waals surface area contributed by atoms with Crippen molar-refractivity contribution in [3.8, 4) is 16.9 Å². The molecule has 4 nitrogen and oxygen atoms in total. The predicted octanol–water partition coefficient (Wildman–Crippen LogP) is 5.18. The molecule has 1 amide bonds. The van der Waals surface area contributed by atoms with Crippen molar-refractivity contribution in [2.75, 3.05) is 24.3 Å². The highest BCUT2D eigenvalue weighted by atomic mass is 79.9. The summed E-state index contributed by atoms with van der Waals surface area (Å²) in [4.78, 5) is 12.4. The SMILES string of the molecule is COc1ccc(Br)c(NCC(=O)Nc2ccccc2-c2ccccc2)c1. The van der Waals surface area contributed by atoms with Gasteiger partial charge in [-0.05, 0) is 39.7 Å². The van der Waals surface area contributed by atoms with E-state index in [1.165, 1.54) is 0 Å². The van der Waals surface area contributed by atoms with Crippen LogP contribution in [0, 0.1) is 0 Å². The number of hydrogen-bond acceptors (Lipinski definition) is 3. The van der Waals surface area contributed by atoms with Crippen molar-refractivity contribution < 1.29 is 9.53 Å². The van der Waals surface area contributed by atoms with Crippen LogP contribution in [-0.4, -0.2) is 19.6 Å². The second-order valence-corrected chi connectivity index (χ2v) is 6.51. The van der Waals surface area contributed by atoms with E-state index in [0.29, 0.717) is 0 Å². The molecule has 3 aromatic rings. The average Bonchev–Trinajstić information content (AvgIpc) is 2.68. The summed E-state index contributed by atoms with van der Waals surface area (Å²) in [5.41, 5.74) is 3.64. The van der Waals surface area contributed by atoms with Crippen LogP contribution >= 0.6 is 15.9 Å². The van der Waals surface area contributed by atoms with E-state index in [2.05, 4.69) is 26.6 Å². The van der Waals surface area contributed by atoms with Crippen LogP contribution in [0.3, 0.4) is 0 Å². The Bertz CT molecular complexity index is 898. The minimum atomic E-state index is -0.122. The normalized spacial score (nSPS) is 10.2. The van der Waals surface area contributed by atoms with Crippen molar-refractivity contribution in [1.82, 2.24) is 0 Å². The van der Waals surface area contributed by atoms with Crippen molar-refractivity contribution in [3.05, 3.63) is 77.3 Å². The monoisotopic (exact) mass is 410 g/mol. The lowest BCUT2D eigenvalue weighted by Gasteiger charge is -2.13. The number of para-hydroxylation sites is 1. The molecular weight excluding hydrogens is 392 g/mol. The van der Waals surface area contributed by atoms with Gasteiger partial charge in [0.1, 0.15) is 5.75 Å². The number of carbonyl (C=O) groups excluding carboxylic acids is 1. The van der Waals surface area contributed by atoms with E-state index < -0.39 is 0 Å². The Balaban J connectivity index is 1.70. The highest BCUT2D eigenvalue weighted by molar-refractivity contribution is 9.10. The molecule has 0 radical (unpaired) electrons. The number of amides is 1. The van der Waals surface area contributed by atoms with Gasteiger partial charge in [0.15, 0.2) is 0 Å². The summed E-state index contributed by atoms with van der Waals surface area (Å²) >= 11 is 3.47. The molecule has 0 spiro atoms. The van der Waals surface area contributed by atoms with E-state index in [9.17, 15) is 4.79 Å². The lowest BCUT2D eigenvalue weighted by Crippen LogP contribution is -2.22. The van der Waals surface area contributed by atoms with E-state index in [0.717, 1.165) is 32.7 Å². The molecule has 132 valence electrons. The fourth-order valence-electron chi connectivity index (χ4n) is 2.60. The van der Waals surface area contributed by atoms with Gasteiger partial charge in [0, 0.05) is 21.8 Å². The number of carbonyl (C=O) groups is 1. The number of rotatable bonds is 6. The third-order valence-electron chi connectivity index (χ3n) is 3.90. The molecule has 0 unspecified atom stereocenters. The molecule has 0 atom stereocenters. The van der Waals surface area contributed by atoms with Gasteiger partial charge in [-0.25, -0.2) is 0 Å². The summed E-state index contributed by atoms with van der Waals surface area (Å²) in [6.45, 7) is 0.148. The highest BCUT2D eigenvalue weighted by Gasteiger charge is 2.09. The zero-order valence-corrected chi connectivity index (χ0v) is 15.9. The minimum absolute atomic E-state index is 0.122. The van der Waals surface area contributed by atoms with Crippen molar-refractivity contribution >= 4 is 33.2 Å². The molecule has 0 bridgehead atoms. The Morgan fingerprint density at radius 2 is 1.69 bits per heavy atom. The first-order valence-electron chi connectivity index (χ1n) is 8.19. The minimum Gasteiger partial charge on any atom is -0.497 e.